The fourth-order valence-electron chi connectivity index (χ4n) is 0.960. The highest BCUT2D eigenvalue weighted by atomic mass is 16.2. The molecule has 0 aromatic heterocycles. The Kier molecular flexibility index (Phi) is 3.20. The third kappa shape index (κ3) is 2.71. The predicted octanol–water partition coefficient (Wildman–Crippen LogP) is 1.01. The second-order valence-electron chi connectivity index (χ2n) is 2.64. The SMILES string of the molecule is CNC(=O)CC(=O)c1ccccc1. The topological polar surface area (TPSA) is 46.2 Å². The average molecular weight is 177 g/mol. The van der Waals surface area contributed by atoms with Gasteiger partial charge in [-0.3, -0.25) is 9.59 Å². The van der Waals surface area contributed by atoms with Crippen molar-refractivity contribution in [1.29, 1.82) is 0 Å². The Bertz CT molecular complexity index is 306. The number of nitrogens with one attached hydrogen (secondary N) is 1. The number of rotatable bonds is 3. The van der Waals surface area contributed by atoms with Crippen molar-refractivity contribution in [2.75, 3.05) is 7.05 Å². The first-order valence-electron chi connectivity index (χ1n) is 4.03. The van der Waals surface area contributed by atoms with Crippen molar-refractivity contribution in [3.8, 4) is 0 Å². The van der Waals surface area contributed by atoms with Crippen molar-refractivity contribution in [2.45, 2.75) is 6.42 Å². The maximum Gasteiger partial charge on any atom is 0.227 e. The van der Waals surface area contributed by atoms with Crippen LogP contribution in [0.5, 0.6) is 0 Å². The summed E-state index contributed by atoms with van der Waals surface area (Å²) >= 11 is 0. The Labute approximate surface area is 76.8 Å². The zero-order valence-electron chi connectivity index (χ0n) is 7.41. The second-order valence-corrected chi connectivity index (χ2v) is 2.64. The first kappa shape index (κ1) is 9.45. The molecule has 0 heterocycles. The highest BCUT2D eigenvalue weighted by Gasteiger charge is 2.08. The molecule has 0 aliphatic rings. The summed E-state index contributed by atoms with van der Waals surface area (Å²) in [7, 11) is 1.51. The van der Waals surface area contributed by atoms with Gasteiger partial charge >= 0.3 is 0 Å². The van der Waals surface area contributed by atoms with Crippen LogP contribution in [0.2, 0.25) is 0 Å². The fourth-order valence-corrected chi connectivity index (χ4v) is 0.960. The van der Waals surface area contributed by atoms with Gasteiger partial charge in [-0.1, -0.05) is 30.3 Å². The summed E-state index contributed by atoms with van der Waals surface area (Å²) in [5.41, 5.74) is 0.575. The highest BCUT2D eigenvalue weighted by Crippen LogP contribution is 2.02. The van der Waals surface area contributed by atoms with Crippen LogP contribution in [0.25, 0.3) is 0 Å². The van der Waals surface area contributed by atoms with E-state index in [4.69, 9.17) is 0 Å². The molecule has 3 nitrogen and oxygen atoms in total. The monoisotopic (exact) mass is 177 g/mol. The lowest BCUT2D eigenvalue weighted by Gasteiger charge is -1.98. The zero-order valence-corrected chi connectivity index (χ0v) is 7.41. The van der Waals surface area contributed by atoms with Crippen LogP contribution in [0, 0.1) is 0 Å². The summed E-state index contributed by atoms with van der Waals surface area (Å²) in [6.45, 7) is 0. The molecule has 0 saturated carbocycles. The van der Waals surface area contributed by atoms with Gasteiger partial charge in [0.25, 0.3) is 0 Å². The maximum atomic E-state index is 11.4. The Morgan fingerprint density at radius 2 is 1.85 bits per heavy atom. The molecule has 0 bridgehead atoms. The van der Waals surface area contributed by atoms with Gasteiger partial charge in [-0.05, 0) is 0 Å². The zero-order chi connectivity index (χ0) is 9.68. The van der Waals surface area contributed by atoms with Crippen molar-refractivity contribution in [3.63, 3.8) is 0 Å². The molecule has 68 valence electrons. The summed E-state index contributed by atoms with van der Waals surface area (Å²) in [4.78, 5) is 22.2. The van der Waals surface area contributed by atoms with Crippen molar-refractivity contribution < 1.29 is 9.59 Å². The van der Waals surface area contributed by atoms with Gasteiger partial charge in [-0.2, -0.15) is 0 Å². The van der Waals surface area contributed by atoms with E-state index in [2.05, 4.69) is 5.32 Å². The van der Waals surface area contributed by atoms with Crippen LogP contribution in [0.15, 0.2) is 30.3 Å². The predicted molar refractivity (Wildman–Crippen MR) is 49.5 cm³/mol. The van der Waals surface area contributed by atoms with E-state index in [1.807, 2.05) is 6.07 Å². The quantitative estimate of drug-likeness (QED) is 0.553. The van der Waals surface area contributed by atoms with E-state index in [0.717, 1.165) is 0 Å². The minimum atomic E-state index is -0.256. The Morgan fingerprint density at radius 3 is 2.38 bits per heavy atom. The molecule has 0 atom stereocenters. The normalized spacial score (nSPS) is 9.31. The molecule has 1 aromatic rings. The van der Waals surface area contributed by atoms with Crippen molar-refractivity contribution in [3.05, 3.63) is 35.9 Å². The van der Waals surface area contributed by atoms with Gasteiger partial charge in [0.05, 0.1) is 6.42 Å². The summed E-state index contributed by atoms with van der Waals surface area (Å²) < 4.78 is 0. The molecule has 1 N–H and O–H groups in total. The summed E-state index contributed by atoms with van der Waals surface area (Å²) in [5.74, 6) is -0.409. The van der Waals surface area contributed by atoms with Gasteiger partial charge < -0.3 is 5.32 Å². The number of hydrogen-bond donors (Lipinski definition) is 1. The third-order valence-corrected chi connectivity index (χ3v) is 1.70. The summed E-state index contributed by atoms with van der Waals surface area (Å²) in [6, 6.07) is 8.78. The van der Waals surface area contributed by atoms with E-state index in [1.165, 1.54) is 7.05 Å². The van der Waals surface area contributed by atoms with E-state index in [-0.39, 0.29) is 18.1 Å². The number of amides is 1. The highest BCUT2D eigenvalue weighted by molar-refractivity contribution is 6.07. The van der Waals surface area contributed by atoms with Crippen LogP contribution in [0.1, 0.15) is 16.8 Å². The number of carbonyl (C=O) groups excluding carboxylic acids is 2. The molecule has 0 unspecified atom stereocenters. The lowest BCUT2D eigenvalue weighted by Crippen LogP contribution is -2.21. The molecule has 0 aliphatic heterocycles. The molecule has 13 heavy (non-hydrogen) atoms. The van der Waals surface area contributed by atoms with Crippen LogP contribution in [-0.2, 0) is 4.79 Å². The van der Waals surface area contributed by atoms with Gasteiger partial charge in [0, 0.05) is 12.6 Å². The molecule has 1 rings (SSSR count). The average Bonchev–Trinajstić information content (AvgIpc) is 2.19. The standard InChI is InChI=1S/C10H11NO2/c1-11-10(13)7-9(12)8-5-3-2-4-6-8/h2-6H,7H2,1H3,(H,11,13). The molecule has 1 aromatic carbocycles. The minimum Gasteiger partial charge on any atom is -0.359 e. The van der Waals surface area contributed by atoms with Gasteiger partial charge in [0.2, 0.25) is 5.91 Å². The van der Waals surface area contributed by atoms with Crippen LogP contribution < -0.4 is 5.32 Å². The maximum absolute atomic E-state index is 11.4. The molecule has 0 spiro atoms. The first-order chi connectivity index (χ1) is 6.24. The smallest absolute Gasteiger partial charge is 0.227 e. The molecule has 0 fully saturated rings. The van der Waals surface area contributed by atoms with Crippen LogP contribution in [0.3, 0.4) is 0 Å². The molecule has 0 aliphatic carbocycles. The molecule has 0 radical (unpaired) electrons. The summed E-state index contributed by atoms with van der Waals surface area (Å²) in [5, 5.41) is 2.41. The van der Waals surface area contributed by atoms with Crippen LogP contribution >= 0.6 is 0 Å². The second kappa shape index (κ2) is 4.40. The molecule has 3 heteroatoms. The fraction of sp³-hybridized carbons (Fsp3) is 0.200. The Hall–Kier alpha value is -1.64. The minimum absolute atomic E-state index is 0.0828. The van der Waals surface area contributed by atoms with Crippen molar-refractivity contribution >= 4 is 11.7 Å². The Morgan fingerprint density at radius 1 is 1.23 bits per heavy atom. The van der Waals surface area contributed by atoms with E-state index in [1.54, 1.807) is 24.3 Å². The Balaban J connectivity index is 2.65. The number of Topliss-reactive ketones (excluding diaryl/α,β-unsaturated/α-hetero) is 1. The van der Waals surface area contributed by atoms with Gasteiger partial charge in [-0.15, -0.1) is 0 Å². The van der Waals surface area contributed by atoms with E-state index < -0.39 is 0 Å². The number of carbonyl (C=O) groups is 2. The number of benzene rings is 1. The lowest BCUT2D eigenvalue weighted by molar-refractivity contribution is -0.119. The van der Waals surface area contributed by atoms with Gasteiger partial charge in [0.1, 0.15) is 0 Å². The van der Waals surface area contributed by atoms with E-state index >= 15 is 0 Å². The van der Waals surface area contributed by atoms with Crippen molar-refractivity contribution in [1.82, 2.24) is 5.32 Å². The van der Waals surface area contributed by atoms with Crippen LogP contribution in [-0.4, -0.2) is 18.7 Å². The number of ketones is 1. The van der Waals surface area contributed by atoms with Crippen molar-refractivity contribution in [2.24, 2.45) is 0 Å². The van der Waals surface area contributed by atoms with E-state index in [0.29, 0.717) is 5.56 Å². The first-order valence-corrected chi connectivity index (χ1v) is 4.03. The molecule has 0 saturated heterocycles. The summed E-state index contributed by atoms with van der Waals surface area (Å²) in [6.07, 6.45) is -0.0828. The largest absolute Gasteiger partial charge is 0.359 e. The van der Waals surface area contributed by atoms with Gasteiger partial charge in [0.15, 0.2) is 5.78 Å². The van der Waals surface area contributed by atoms with Crippen LogP contribution in [0.4, 0.5) is 0 Å². The third-order valence-electron chi connectivity index (χ3n) is 1.70. The molecular formula is C10H11NO2. The van der Waals surface area contributed by atoms with E-state index in [9.17, 15) is 9.59 Å². The molecule has 1 amide bonds. The lowest BCUT2D eigenvalue weighted by atomic mass is 10.1. The number of hydrogen-bond acceptors (Lipinski definition) is 2. The van der Waals surface area contributed by atoms with Gasteiger partial charge in [-0.25, -0.2) is 0 Å². The molecular weight excluding hydrogens is 166 g/mol.